The van der Waals surface area contributed by atoms with E-state index in [1.165, 1.54) is 0 Å². The maximum Gasteiger partial charge on any atom is 0.337 e. The predicted octanol–water partition coefficient (Wildman–Crippen LogP) is 3.49. The summed E-state index contributed by atoms with van der Waals surface area (Å²) < 4.78 is 0. The molecule has 0 heterocycles. The number of hydrogen-bond donors (Lipinski definition) is 3. The zero-order valence-corrected chi connectivity index (χ0v) is 10.2. The van der Waals surface area contributed by atoms with Gasteiger partial charge in [0.1, 0.15) is 0 Å². The molecule has 92 valence electrons. The number of carbonyl (C=O) groups excluding carboxylic acids is 1. The van der Waals surface area contributed by atoms with Crippen molar-refractivity contribution in [2.45, 2.75) is 0 Å². The van der Waals surface area contributed by atoms with Crippen molar-refractivity contribution in [2.75, 3.05) is 10.7 Å². The average Bonchev–Trinajstić information content (AvgIpc) is 2.40. The van der Waals surface area contributed by atoms with E-state index in [-0.39, 0.29) is 6.03 Å². The van der Waals surface area contributed by atoms with Crippen molar-refractivity contribution in [3.05, 3.63) is 59.6 Å². The zero-order valence-electron chi connectivity index (χ0n) is 9.48. The maximum absolute atomic E-state index is 11.6. The minimum atomic E-state index is -0.346. The number of hydrogen-bond acceptors (Lipinski definition) is 2. The highest BCUT2D eigenvalue weighted by Gasteiger charge is 2.00. The molecule has 0 aromatic heterocycles. The van der Waals surface area contributed by atoms with Crippen molar-refractivity contribution in [1.29, 1.82) is 0 Å². The van der Waals surface area contributed by atoms with Gasteiger partial charge in [-0.05, 0) is 36.4 Å². The van der Waals surface area contributed by atoms with E-state index in [4.69, 9.17) is 11.6 Å². The molecule has 0 atom stereocenters. The standard InChI is InChI=1S/C13H12ClN3O/c14-10-6-8-11(9-7-10)15-13(18)17-16-12-4-2-1-3-5-12/h1-9,16H,(H2,15,17,18). The predicted molar refractivity (Wildman–Crippen MR) is 73.7 cm³/mol. The monoisotopic (exact) mass is 261 g/mol. The summed E-state index contributed by atoms with van der Waals surface area (Å²) in [6, 6.07) is 15.9. The Hall–Kier alpha value is -2.20. The Labute approximate surface area is 110 Å². The van der Waals surface area contributed by atoms with Crippen LogP contribution in [-0.4, -0.2) is 6.03 Å². The van der Waals surface area contributed by atoms with Crippen molar-refractivity contribution in [3.63, 3.8) is 0 Å². The van der Waals surface area contributed by atoms with Crippen LogP contribution in [0, 0.1) is 0 Å². The first-order chi connectivity index (χ1) is 8.74. The number of hydrazine groups is 1. The van der Waals surface area contributed by atoms with Gasteiger partial charge >= 0.3 is 6.03 Å². The van der Waals surface area contributed by atoms with Gasteiger partial charge in [0.05, 0.1) is 5.69 Å². The Morgan fingerprint density at radius 1 is 0.889 bits per heavy atom. The Morgan fingerprint density at radius 3 is 2.22 bits per heavy atom. The molecule has 0 fully saturated rings. The average molecular weight is 262 g/mol. The van der Waals surface area contributed by atoms with Gasteiger partial charge in [0.25, 0.3) is 0 Å². The SMILES string of the molecule is O=C(NNc1ccccc1)Nc1ccc(Cl)cc1. The second kappa shape index (κ2) is 5.93. The summed E-state index contributed by atoms with van der Waals surface area (Å²) in [5.74, 6) is 0. The van der Waals surface area contributed by atoms with Gasteiger partial charge in [-0.3, -0.25) is 10.9 Å². The van der Waals surface area contributed by atoms with Gasteiger partial charge in [0.2, 0.25) is 0 Å². The summed E-state index contributed by atoms with van der Waals surface area (Å²) in [6.45, 7) is 0. The molecule has 0 saturated heterocycles. The molecule has 18 heavy (non-hydrogen) atoms. The summed E-state index contributed by atoms with van der Waals surface area (Å²) in [6.07, 6.45) is 0. The van der Waals surface area contributed by atoms with Crippen LogP contribution in [0.2, 0.25) is 5.02 Å². The minimum absolute atomic E-state index is 0.346. The molecule has 2 rings (SSSR count). The number of nitrogens with one attached hydrogen (secondary N) is 3. The summed E-state index contributed by atoms with van der Waals surface area (Å²) in [7, 11) is 0. The van der Waals surface area contributed by atoms with E-state index < -0.39 is 0 Å². The van der Waals surface area contributed by atoms with Gasteiger partial charge in [-0.25, -0.2) is 4.79 Å². The van der Waals surface area contributed by atoms with E-state index in [0.29, 0.717) is 10.7 Å². The maximum atomic E-state index is 11.6. The lowest BCUT2D eigenvalue weighted by Gasteiger charge is -2.09. The molecule has 0 spiro atoms. The number of anilines is 2. The molecule has 0 saturated carbocycles. The number of rotatable bonds is 3. The molecule has 0 radical (unpaired) electrons. The first-order valence-electron chi connectivity index (χ1n) is 5.38. The number of urea groups is 1. The highest BCUT2D eigenvalue weighted by Crippen LogP contribution is 2.13. The fourth-order valence-corrected chi connectivity index (χ4v) is 1.47. The van der Waals surface area contributed by atoms with Crippen molar-refractivity contribution in [3.8, 4) is 0 Å². The Balaban J connectivity index is 1.84. The molecular weight excluding hydrogens is 250 g/mol. The summed E-state index contributed by atoms with van der Waals surface area (Å²) in [5.41, 5.74) is 6.80. The van der Waals surface area contributed by atoms with Crippen molar-refractivity contribution in [1.82, 2.24) is 5.43 Å². The summed E-state index contributed by atoms with van der Waals surface area (Å²) in [4.78, 5) is 11.6. The van der Waals surface area contributed by atoms with Gasteiger partial charge in [-0.1, -0.05) is 29.8 Å². The minimum Gasteiger partial charge on any atom is -0.307 e. The smallest absolute Gasteiger partial charge is 0.307 e. The summed E-state index contributed by atoms with van der Waals surface area (Å²) in [5, 5.41) is 3.30. The van der Waals surface area contributed by atoms with Crippen LogP contribution >= 0.6 is 11.6 Å². The van der Waals surface area contributed by atoms with E-state index in [1.807, 2.05) is 30.3 Å². The fourth-order valence-electron chi connectivity index (χ4n) is 1.35. The van der Waals surface area contributed by atoms with E-state index in [1.54, 1.807) is 24.3 Å². The first kappa shape index (κ1) is 12.3. The van der Waals surface area contributed by atoms with Crippen LogP contribution in [0.3, 0.4) is 0 Å². The lowest BCUT2D eigenvalue weighted by atomic mass is 10.3. The third kappa shape index (κ3) is 3.68. The lowest BCUT2D eigenvalue weighted by molar-refractivity contribution is 0.254. The number of para-hydroxylation sites is 1. The molecule has 2 amide bonds. The van der Waals surface area contributed by atoms with Crippen molar-refractivity contribution < 1.29 is 4.79 Å². The Morgan fingerprint density at radius 2 is 1.56 bits per heavy atom. The number of benzene rings is 2. The van der Waals surface area contributed by atoms with E-state index >= 15 is 0 Å². The van der Waals surface area contributed by atoms with Crippen LogP contribution in [0.15, 0.2) is 54.6 Å². The first-order valence-corrected chi connectivity index (χ1v) is 5.75. The van der Waals surface area contributed by atoms with Crippen LogP contribution in [0.1, 0.15) is 0 Å². The second-order valence-electron chi connectivity index (χ2n) is 3.58. The van der Waals surface area contributed by atoms with Gasteiger partial charge in [0, 0.05) is 10.7 Å². The molecule has 4 nitrogen and oxygen atoms in total. The van der Waals surface area contributed by atoms with Gasteiger partial charge in [-0.15, -0.1) is 0 Å². The van der Waals surface area contributed by atoms with E-state index in [0.717, 1.165) is 5.69 Å². The van der Waals surface area contributed by atoms with Crippen molar-refractivity contribution >= 4 is 29.0 Å². The molecule has 3 N–H and O–H groups in total. The van der Waals surface area contributed by atoms with Crippen molar-refractivity contribution in [2.24, 2.45) is 0 Å². The van der Waals surface area contributed by atoms with E-state index in [9.17, 15) is 4.79 Å². The third-order valence-electron chi connectivity index (χ3n) is 2.20. The number of halogens is 1. The quantitative estimate of drug-likeness (QED) is 0.741. The Kier molecular flexibility index (Phi) is 4.04. The van der Waals surface area contributed by atoms with Gasteiger partial charge in [0.15, 0.2) is 0 Å². The largest absolute Gasteiger partial charge is 0.337 e. The fraction of sp³-hybridized carbons (Fsp3) is 0. The van der Waals surface area contributed by atoms with Crippen LogP contribution in [0.5, 0.6) is 0 Å². The second-order valence-corrected chi connectivity index (χ2v) is 4.01. The molecule has 0 aliphatic heterocycles. The van der Waals surface area contributed by atoms with Crippen LogP contribution in [-0.2, 0) is 0 Å². The molecule has 0 bridgehead atoms. The highest BCUT2D eigenvalue weighted by atomic mass is 35.5. The van der Waals surface area contributed by atoms with Crippen LogP contribution in [0.25, 0.3) is 0 Å². The van der Waals surface area contributed by atoms with Gasteiger partial charge < -0.3 is 5.32 Å². The van der Waals surface area contributed by atoms with Crippen LogP contribution in [0.4, 0.5) is 16.2 Å². The molecule has 5 heteroatoms. The molecule has 0 unspecified atom stereocenters. The van der Waals surface area contributed by atoms with Gasteiger partial charge in [-0.2, -0.15) is 0 Å². The molecule has 2 aromatic rings. The molecule has 0 aliphatic rings. The third-order valence-corrected chi connectivity index (χ3v) is 2.45. The number of amides is 2. The topological polar surface area (TPSA) is 53.2 Å². The molecule has 0 aliphatic carbocycles. The number of carbonyl (C=O) groups is 1. The lowest BCUT2D eigenvalue weighted by Crippen LogP contribution is -2.33. The molecular formula is C13H12ClN3O. The zero-order chi connectivity index (χ0) is 12.8. The Bertz CT molecular complexity index is 514. The van der Waals surface area contributed by atoms with Crippen LogP contribution < -0.4 is 16.2 Å². The molecule has 2 aromatic carbocycles. The summed E-state index contributed by atoms with van der Waals surface area (Å²) >= 11 is 5.75. The van der Waals surface area contributed by atoms with E-state index in [2.05, 4.69) is 16.2 Å². The highest BCUT2D eigenvalue weighted by molar-refractivity contribution is 6.30. The normalized spacial score (nSPS) is 9.61.